The first-order chi connectivity index (χ1) is 7.27. The largest absolute Gasteiger partial charge is 0.368 e. The molecule has 2 aromatic rings. The topological polar surface area (TPSA) is 29.9 Å². The molecule has 3 heteroatoms. The molecule has 0 aliphatic rings. The summed E-state index contributed by atoms with van der Waals surface area (Å²) >= 11 is 0. The monoisotopic (exact) mass is 201 g/mol. The molecule has 0 fully saturated rings. The van der Waals surface area contributed by atoms with Crippen molar-refractivity contribution in [2.75, 3.05) is 5.32 Å². The quantitative estimate of drug-likeness (QED) is 0.827. The highest BCUT2D eigenvalue weighted by molar-refractivity contribution is 5.44. The smallest absolute Gasteiger partial charge is 0.129 e. The van der Waals surface area contributed by atoms with Crippen LogP contribution in [0.3, 0.4) is 0 Å². The molecule has 0 aliphatic heterocycles. The lowest BCUT2D eigenvalue weighted by molar-refractivity contribution is 0.832. The maximum Gasteiger partial charge on any atom is 0.129 e. The van der Waals surface area contributed by atoms with Crippen LogP contribution in [0.4, 0.5) is 5.82 Å². The number of benzene rings is 1. The van der Waals surface area contributed by atoms with Gasteiger partial charge in [-0.25, -0.2) is 4.68 Å². The molecule has 0 aliphatic carbocycles. The number of anilines is 1. The van der Waals surface area contributed by atoms with Crippen molar-refractivity contribution in [2.45, 2.75) is 19.9 Å². The molecule has 15 heavy (non-hydrogen) atoms. The Morgan fingerprint density at radius 1 is 1.13 bits per heavy atom. The standard InChI is InChI=1S/C12H15N3/c1-10(2)14-12-8-9-13-15(12)11-6-4-3-5-7-11/h3-10,14H,1-2H3. The van der Waals surface area contributed by atoms with Gasteiger partial charge in [0.1, 0.15) is 5.82 Å². The van der Waals surface area contributed by atoms with Gasteiger partial charge in [-0.3, -0.25) is 0 Å². The summed E-state index contributed by atoms with van der Waals surface area (Å²) in [7, 11) is 0. The van der Waals surface area contributed by atoms with Gasteiger partial charge in [-0.1, -0.05) is 18.2 Å². The fraction of sp³-hybridized carbons (Fsp3) is 0.250. The molecule has 0 bridgehead atoms. The van der Waals surface area contributed by atoms with E-state index in [1.165, 1.54) is 0 Å². The zero-order chi connectivity index (χ0) is 10.7. The Labute approximate surface area is 89.7 Å². The SMILES string of the molecule is CC(C)Nc1ccnn1-c1ccccc1. The summed E-state index contributed by atoms with van der Waals surface area (Å²) in [5.41, 5.74) is 1.07. The zero-order valence-electron chi connectivity index (χ0n) is 9.01. The summed E-state index contributed by atoms with van der Waals surface area (Å²) in [5.74, 6) is 1.02. The summed E-state index contributed by atoms with van der Waals surface area (Å²) in [6.45, 7) is 4.23. The molecule has 0 radical (unpaired) electrons. The van der Waals surface area contributed by atoms with Crippen LogP contribution in [0.1, 0.15) is 13.8 Å². The lowest BCUT2D eigenvalue weighted by atomic mass is 10.3. The molecule has 1 heterocycles. The molecule has 0 saturated carbocycles. The van der Waals surface area contributed by atoms with Gasteiger partial charge in [-0.05, 0) is 26.0 Å². The Kier molecular flexibility index (Phi) is 2.72. The highest BCUT2D eigenvalue weighted by Gasteiger charge is 2.04. The first-order valence-electron chi connectivity index (χ1n) is 5.13. The Balaban J connectivity index is 2.33. The number of rotatable bonds is 3. The average molecular weight is 201 g/mol. The molecule has 0 unspecified atom stereocenters. The van der Waals surface area contributed by atoms with Crippen molar-refractivity contribution < 1.29 is 0 Å². The number of aromatic nitrogens is 2. The van der Waals surface area contributed by atoms with Crippen LogP contribution in [0, 0.1) is 0 Å². The second-order valence-corrected chi connectivity index (χ2v) is 3.76. The van der Waals surface area contributed by atoms with E-state index in [9.17, 15) is 0 Å². The van der Waals surface area contributed by atoms with Gasteiger partial charge in [-0.15, -0.1) is 0 Å². The van der Waals surface area contributed by atoms with Gasteiger partial charge in [-0.2, -0.15) is 5.10 Å². The fourth-order valence-electron chi connectivity index (χ4n) is 1.48. The van der Waals surface area contributed by atoms with Crippen molar-refractivity contribution in [3.05, 3.63) is 42.6 Å². The van der Waals surface area contributed by atoms with E-state index in [-0.39, 0.29) is 0 Å². The predicted octanol–water partition coefficient (Wildman–Crippen LogP) is 2.69. The van der Waals surface area contributed by atoms with Crippen molar-refractivity contribution in [3.8, 4) is 5.69 Å². The predicted molar refractivity (Wildman–Crippen MR) is 62.3 cm³/mol. The summed E-state index contributed by atoms with van der Waals surface area (Å²) in [4.78, 5) is 0. The minimum Gasteiger partial charge on any atom is -0.368 e. The van der Waals surface area contributed by atoms with Gasteiger partial charge < -0.3 is 5.32 Å². The van der Waals surface area contributed by atoms with Gasteiger partial charge in [0.25, 0.3) is 0 Å². The maximum absolute atomic E-state index is 4.29. The Bertz CT molecular complexity index is 417. The third-order valence-electron chi connectivity index (χ3n) is 2.08. The summed E-state index contributed by atoms with van der Waals surface area (Å²) < 4.78 is 1.90. The van der Waals surface area contributed by atoms with Gasteiger partial charge in [0, 0.05) is 12.1 Å². The van der Waals surface area contributed by atoms with Crippen molar-refractivity contribution in [1.82, 2.24) is 9.78 Å². The maximum atomic E-state index is 4.29. The molecule has 0 saturated heterocycles. The molecule has 0 atom stereocenters. The van der Waals surface area contributed by atoms with Crippen LogP contribution in [0.2, 0.25) is 0 Å². The minimum atomic E-state index is 0.407. The molecule has 0 amide bonds. The first kappa shape index (κ1) is 9.77. The molecular formula is C12H15N3. The third-order valence-corrected chi connectivity index (χ3v) is 2.08. The normalized spacial score (nSPS) is 10.6. The van der Waals surface area contributed by atoms with Crippen LogP contribution in [0.5, 0.6) is 0 Å². The lowest BCUT2D eigenvalue weighted by Crippen LogP contribution is -2.13. The second kappa shape index (κ2) is 4.17. The highest BCUT2D eigenvalue weighted by atomic mass is 15.3. The highest BCUT2D eigenvalue weighted by Crippen LogP contribution is 2.14. The van der Waals surface area contributed by atoms with E-state index in [2.05, 4.69) is 24.3 Å². The summed E-state index contributed by atoms with van der Waals surface area (Å²) in [6, 6.07) is 12.5. The van der Waals surface area contributed by atoms with Gasteiger partial charge in [0.15, 0.2) is 0 Å². The molecule has 78 valence electrons. The summed E-state index contributed by atoms with van der Waals surface area (Å²) in [5, 5.41) is 7.65. The van der Waals surface area contributed by atoms with E-state index < -0.39 is 0 Å². The van der Waals surface area contributed by atoms with E-state index in [0.717, 1.165) is 11.5 Å². The van der Waals surface area contributed by atoms with Gasteiger partial charge in [0.2, 0.25) is 0 Å². The van der Waals surface area contributed by atoms with E-state index in [1.54, 1.807) is 6.20 Å². The number of para-hydroxylation sites is 1. The zero-order valence-corrected chi connectivity index (χ0v) is 9.01. The van der Waals surface area contributed by atoms with Crippen LogP contribution in [0.25, 0.3) is 5.69 Å². The van der Waals surface area contributed by atoms with Crippen LogP contribution in [-0.2, 0) is 0 Å². The second-order valence-electron chi connectivity index (χ2n) is 3.76. The number of nitrogens with one attached hydrogen (secondary N) is 1. The van der Waals surface area contributed by atoms with Crippen molar-refractivity contribution in [1.29, 1.82) is 0 Å². The van der Waals surface area contributed by atoms with E-state index in [0.29, 0.717) is 6.04 Å². The van der Waals surface area contributed by atoms with Crippen molar-refractivity contribution in [2.24, 2.45) is 0 Å². The molecule has 2 rings (SSSR count). The average Bonchev–Trinajstić information content (AvgIpc) is 2.66. The van der Waals surface area contributed by atoms with Crippen molar-refractivity contribution in [3.63, 3.8) is 0 Å². The Morgan fingerprint density at radius 3 is 2.53 bits per heavy atom. The van der Waals surface area contributed by atoms with Crippen LogP contribution < -0.4 is 5.32 Å². The molecule has 1 aromatic carbocycles. The van der Waals surface area contributed by atoms with Gasteiger partial charge >= 0.3 is 0 Å². The number of hydrogen-bond donors (Lipinski definition) is 1. The minimum absolute atomic E-state index is 0.407. The van der Waals surface area contributed by atoms with Crippen LogP contribution >= 0.6 is 0 Å². The summed E-state index contributed by atoms with van der Waals surface area (Å²) in [6.07, 6.45) is 1.80. The molecule has 1 aromatic heterocycles. The number of hydrogen-bond acceptors (Lipinski definition) is 2. The third kappa shape index (κ3) is 2.18. The molecular weight excluding hydrogens is 186 g/mol. The molecule has 3 nitrogen and oxygen atoms in total. The van der Waals surface area contributed by atoms with Crippen LogP contribution in [-0.4, -0.2) is 15.8 Å². The molecule has 0 spiro atoms. The molecule has 1 N–H and O–H groups in total. The number of nitrogens with zero attached hydrogens (tertiary/aromatic N) is 2. The van der Waals surface area contributed by atoms with E-state index >= 15 is 0 Å². The fourth-order valence-corrected chi connectivity index (χ4v) is 1.48. The van der Waals surface area contributed by atoms with Crippen molar-refractivity contribution >= 4 is 5.82 Å². The van der Waals surface area contributed by atoms with Gasteiger partial charge in [0.05, 0.1) is 11.9 Å². The lowest BCUT2D eigenvalue weighted by Gasteiger charge is -2.12. The Morgan fingerprint density at radius 2 is 1.87 bits per heavy atom. The van der Waals surface area contributed by atoms with Crippen LogP contribution in [0.15, 0.2) is 42.6 Å². The first-order valence-corrected chi connectivity index (χ1v) is 5.13. The van der Waals surface area contributed by atoms with E-state index in [1.807, 2.05) is 41.1 Å². The van der Waals surface area contributed by atoms with E-state index in [4.69, 9.17) is 0 Å². The Hall–Kier alpha value is -1.77.